The predicted octanol–water partition coefficient (Wildman–Crippen LogP) is 1.64. The molecule has 0 aliphatic carbocycles. The van der Waals surface area contributed by atoms with Crippen LogP contribution < -0.4 is 25.8 Å². The zero-order valence-electron chi connectivity index (χ0n) is 15.7. The average molecular weight is 366 g/mol. The Morgan fingerprint density at radius 3 is 2.70 bits per heavy atom. The second-order valence-electron chi connectivity index (χ2n) is 7.36. The molecule has 6 nitrogen and oxygen atoms in total. The number of para-hydroxylation sites is 1. The molecule has 2 aliphatic rings. The van der Waals surface area contributed by atoms with Crippen LogP contribution in [0, 0.1) is 5.92 Å². The van der Waals surface area contributed by atoms with Gasteiger partial charge < -0.3 is 15.0 Å². The van der Waals surface area contributed by atoms with E-state index in [1.807, 2.05) is 32.3 Å². The van der Waals surface area contributed by atoms with Crippen molar-refractivity contribution in [1.82, 2.24) is 16.2 Å². The van der Waals surface area contributed by atoms with Crippen LogP contribution >= 0.6 is 0 Å². The summed E-state index contributed by atoms with van der Waals surface area (Å²) in [5.74, 6) is 0.998. The fourth-order valence-electron chi connectivity index (χ4n) is 3.80. The van der Waals surface area contributed by atoms with E-state index in [-0.39, 0.29) is 23.9 Å². The van der Waals surface area contributed by atoms with E-state index in [0.29, 0.717) is 13.2 Å². The summed E-state index contributed by atoms with van der Waals surface area (Å²) in [5.41, 5.74) is 9.93. The first-order valence-corrected chi connectivity index (χ1v) is 9.40. The van der Waals surface area contributed by atoms with E-state index in [1.54, 1.807) is 0 Å². The zero-order chi connectivity index (χ0) is 18.8. The normalized spacial score (nSPS) is 23.1. The summed E-state index contributed by atoms with van der Waals surface area (Å²) in [5, 5.41) is 3.06. The Kier molecular flexibility index (Phi) is 5.01. The number of carbonyl (C=O) groups is 1. The molecule has 0 radical (unpaired) electrons. The first-order valence-electron chi connectivity index (χ1n) is 9.40. The van der Waals surface area contributed by atoms with Gasteiger partial charge in [0.15, 0.2) is 0 Å². The number of amides is 1. The van der Waals surface area contributed by atoms with Gasteiger partial charge in [-0.25, -0.2) is 10.9 Å². The van der Waals surface area contributed by atoms with Crippen LogP contribution in [0.3, 0.4) is 0 Å². The molecule has 2 heterocycles. The minimum atomic E-state index is -0.292. The second-order valence-corrected chi connectivity index (χ2v) is 7.36. The highest BCUT2D eigenvalue weighted by atomic mass is 16.5. The maximum absolute atomic E-state index is 12.7. The van der Waals surface area contributed by atoms with E-state index >= 15 is 0 Å². The van der Waals surface area contributed by atoms with Gasteiger partial charge in [0.05, 0.1) is 12.6 Å². The van der Waals surface area contributed by atoms with Crippen molar-refractivity contribution in [2.45, 2.75) is 18.5 Å². The van der Waals surface area contributed by atoms with Crippen molar-refractivity contribution in [2.75, 3.05) is 32.1 Å². The number of hydrazine groups is 1. The van der Waals surface area contributed by atoms with Gasteiger partial charge in [-0.05, 0) is 30.2 Å². The van der Waals surface area contributed by atoms with Crippen LogP contribution in [0.15, 0.2) is 48.5 Å². The first kappa shape index (κ1) is 17.8. The van der Waals surface area contributed by atoms with E-state index in [9.17, 15) is 4.79 Å². The highest BCUT2D eigenvalue weighted by molar-refractivity contribution is 5.82. The van der Waals surface area contributed by atoms with Crippen LogP contribution in [-0.2, 0) is 11.2 Å². The van der Waals surface area contributed by atoms with Gasteiger partial charge in [0, 0.05) is 37.8 Å². The number of benzene rings is 2. The molecule has 1 saturated heterocycles. The van der Waals surface area contributed by atoms with E-state index in [1.165, 1.54) is 11.3 Å². The Labute approximate surface area is 159 Å². The Morgan fingerprint density at radius 1 is 1.15 bits per heavy atom. The van der Waals surface area contributed by atoms with E-state index in [2.05, 4.69) is 51.4 Å². The van der Waals surface area contributed by atoms with Gasteiger partial charge in [-0.3, -0.25) is 4.79 Å². The third-order valence-corrected chi connectivity index (χ3v) is 5.38. The molecular formula is C21H26N4O2. The summed E-state index contributed by atoms with van der Waals surface area (Å²) in [6.45, 7) is 1.15. The number of hydrogen-bond acceptors (Lipinski definition) is 5. The molecule has 142 valence electrons. The lowest BCUT2D eigenvalue weighted by Crippen LogP contribution is -2.47. The van der Waals surface area contributed by atoms with Crippen molar-refractivity contribution in [3.8, 4) is 5.75 Å². The smallest absolute Gasteiger partial charge is 0.239 e. The van der Waals surface area contributed by atoms with Gasteiger partial charge in [0.2, 0.25) is 5.91 Å². The van der Waals surface area contributed by atoms with Crippen molar-refractivity contribution < 1.29 is 9.53 Å². The quantitative estimate of drug-likeness (QED) is 0.751. The number of nitrogens with one attached hydrogen (secondary N) is 3. The second kappa shape index (κ2) is 7.58. The molecule has 2 aliphatic heterocycles. The van der Waals surface area contributed by atoms with Gasteiger partial charge in [0.25, 0.3) is 0 Å². The first-order chi connectivity index (χ1) is 13.1. The van der Waals surface area contributed by atoms with Gasteiger partial charge >= 0.3 is 0 Å². The summed E-state index contributed by atoms with van der Waals surface area (Å²) in [7, 11) is 4.05. The monoisotopic (exact) mass is 366 g/mol. The number of nitrogens with zero attached hydrogens (tertiary/aromatic N) is 1. The molecular weight excluding hydrogens is 340 g/mol. The average Bonchev–Trinajstić information content (AvgIpc) is 3.13. The summed E-state index contributed by atoms with van der Waals surface area (Å²) < 4.78 is 5.86. The molecule has 2 aromatic carbocycles. The molecule has 0 aromatic heterocycles. The van der Waals surface area contributed by atoms with E-state index in [0.717, 1.165) is 17.7 Å². The molecule has 0 bridgehead atoms. The van der Waals surface area contributed by atoms with Crippen molar-refractivity contribution in [2.24, 2.45) is 5.92 Å². The highest BCUT2D eigenvalue weighted by Crippen LogP contribution is 2.38. The van der Waals surface area contributed by atoms with Gasteiger partial charge in [-0.15, -0.1) is 0 Å². The topological polar surface area (TPSA) is 65.6 Å². The molecule has 6 heteroatoms. The molecule has 3 unspecified atom stereocenters. The highest BCUT2D eigenvalue weighted by Gasteiger charge is 2.44. The SMILES string of the molecule is CN(C)c1ccc(CCNC(=O)C2NNC3c4ccccc4OCC23)cc1. The number of ether oxygens (including phenoxy) is 1. The zero-order valence-corrected chi connectivity index (χ0v) is 15.7. The molecule has 0 spiro atoms. The Bertz CT molecular complexity index is 806. The third kappa shape index (κ3) is 3.63. The van der Waals surface area contributed by atoms with Crippen LogP contribution in [0.2, 0.25) is 0 Å². The van der Waals surface area contributed by atoms with Crippen LogP contribution in [0.5, 0.6) is 5.75 Å². The molecule has 3 atom stereocenters. The van der Waals surface area contributed by atoms with E-state index < -0.39 is 0 Å². The largest absolute Gasteiger partial charge is 0.493 e. The van der Waals surface area contributed by atoms with Crippen molar-refractivity contribution in [3.63, 3.8) is 0 Å². The molecule has 1 amide bonds. The Morgan fingerprint density at radius 2 is 1.93 bits per heavy atom. The van der Waals surface area contributed by atoms with Crippen LogP contribution in [0.1, 0.15) is 17.2 Å². The fourth-order valence-corrected chi connectivity index (χ4v) is 3.80. The number of anilines is 1. The van der Waals surface area contributed by atoms with Gasteiger partial charge in [-0.1, -0.05) is 30.3 Å². The van der Waals surface area contributed by atoms with Crippen molar-refractivity contribution in [1.29, 1.82) is 0 Å². The van der Waals surface area contributed by atoms with E-state index in [4.69, 9.17) is 4.74 Å². The lowest BCUT2D eigenvalue weighted by atomic mass is 9.87. The molecule has 0 saturated carbocycles. The molecule has 4 rings (SSSR count). The summed E-state index contributed by atoms with van der Waals surface area (Å²) in [4.78, 5) is 14.7. The standard InChI is InChI=1S/C21H26N4O2/c1-25(2)15-9-7-14(8-10-15)11-12-22-21(26)20-17-13-27-18-6-4-3-5-16(18)19(17)23-24-20/h3-10,17,19-20,23-24H,11-13H2,1-2H3,(H,22,26). The van der Waals surface area contributed by atoms with Crippen molar-refractivity contribution in [3.05, 3.63) is 59.7 Å². The Hall–Kier alpha value is -2.57. The van der Waals surface area contributed by atoms with Crippen LogP contribution in [0.4, 0.5) is 5.69 Å². The molecule has 3 N–H and O–H groups in total. The number of fused-ring (bicyclic) bond motifs is 3. The predicted molar refractivity (Wildman–Crippen MR) is 106 cm³/mol. The summed E-state index contributed by atoms with van der Waals surface area (Å²) in [6, 6.07) is 16.2. The number of carbonyl (C=O) groups excluding carboxylic acids is 1. The summed E-state index contributed by atoms with van der Waals surface area (Å²) in [6.07, 6.45) is 0.813. The minimum Gasteiger partial charge on any atom is -0.493 e. The van der Waals surface area contributed by atoms with Gasteiger partial charge in [0.1, 0.15) is 11.8 Å². The third-order valence-electron chi connectivity index (χ3n) is 5.38. The Balaban J connectivity index is 1.32. The number of rotatable bonds is 5. The maximum atomic E-state index is 12.7. The fraction of sp³-hybridized carbons (Fsp3) is 0.381. The van der Waals surface area contributed by atoms with Crippen molar-refractivity contribution >= 4 is 11.6 Å². The lowest BCUT2D eigenvalue weighted by molar-refractivity contribution is -0.124. The lowest BCUT2D eigenvalue weighted by Gasteiger charge is -2.29. The van der Waals surface area contributed by atoms with Crippen LogP contribution in [0.25, 0.3) is 0 Å². The summed E-state index contributed by atoms with van der Waals surface area (Å²) >= 11 is 0. The maximum Gasteiger partial charge on any atom is 0.239 e. The van der Waals surface area contributed by atoms with Crippen LogP contribution in [-0.4, -0.2) is 39.2 Å². The molecule has 2 aromatic rings. The number of hydrogen-bond donors (Lipinski definition) is 3. The molecule has 1 fully saturated rings. The minimum absolute atomic E-state index is 0.0166. The molecule has 27 heavy (non-hydrogen) atoms. The van der Waals surface area contributed by atoms with Gasteiger partial charge in [-0.2, -0.15) is 0 Å².